The summed E-state index contributed by atoms with van der Waals surface area (Å²) in [4.78, 5) is 28.9. The summed E-state index contributed by atoms with van der Waals surface area (Å²) in [5, 5.41) is 3.30. The molecule has 0 saturated carbocycles. The molecule has 0 bridgehead atoms. The number of nitrogens with zero attached hydrogens (tertiary/aromatic N) is 2. The molecule has 0 radical (unpaired) electrons. The van der Waals surface area contributed by atoms with Gasteiger partial charge in [-0.15, -0.1) is 0 Å². The van der Waals surface area contributed by atoms with E-state index in [0.29, 0.717) is 23.7 Å². The molecule has 220 valence electrons. The maximum Gasteiger partial charge on any atom is 0.264 e. The average molecular weight is 600 g/mol. The number of ether oxygens (including phenoxy) is 1. The van der Waals surface area contributed by atoms with Crippen LogP contribution in [0, 0.1) is 12.8 Å². The highest BCUT2D eigenvalue weighted by atomic mass is 35.5. The van der Waals surface area contributed by atoms with E-state index in [1.165, 1.54) is 23.1 Å². The first-order valence-corrected chi connectivity index (χ1v) is 15.3. The monoisotopic (exact) mass is 599 g/mol. The number of carbonyl (C=O) groups is 2. The van der Waals surface area contributed by atoms with Crippen LogP contribution in [0.2, 0.25) is 5.02 Å². The largest absolute Gasteiger partial charge is 0.497 e. The molecule has 0 aliphatic heterocycles. The lowest BCUT2D eigenvalue weighted by atomic mass is 10.1. The van der Waals surface area contributed by atoms with Gasteiger partial charge >= 0.3 is 0 Å². The van der Waals surface area contributed by atoms with Crippen molar-refractivity contribution in [1.29, 1.82) is 0 Å². The number of methoxy groups -OCH3 is 1. The Morgan fingerprint density at radius 2 is 1.66 bits per heavy atom. The van der Waals surface area contributed by atoms with Crippen molar-refractivity contribution in [2.24, 2.45) is 5.92 Å². The quantitative estimate of drug-likeness (QED) is 0.283. The second-order valence-corrected chi connectivity index (χ2v) is 12.5. The normalized spacial score (nSPS) is 12.1. The molecule has 2 amide bonds. The van der Waals surface area contributed by atoms with Gasteiger partial charge in [-0.2, -0.15) is 0 Å². The second kappa shape index (κ2) is 14.4. The predicted octanol–water partition coefficient (Wildman–Crippen LogP) is 5.43. The molecule has 0 saturated heterocycles. The van der Waals surface area contributed by atoms with E-state index in [2.05, 4.69) is 5.32 Å². The number of sulfonamides is 1. The molecular weight excluding hydrogens is 562 g/mol. The Bertz CT molecular complexity index is 1430. The Kier molecular flexibility index (Phi) is 11.2. The van der Waals surface area contributed by atoms with Gasteiger partial charge < -0.3 is 15.0 Å². The van der Waals surface area contributed by atoms with Crippen molar-refractivity contribution in [3.05, 3.63) is 88.9 Å². The van der Waals surface area contributed by atoms with Crippen molar-refractivity contribution in [1.82, 2.24) is 10.2 Å². The maximum absolute atomic E-state index is 14.1. The molecule has 10 heteroatoms. The van der Waals surface area contributed by atoms with Gasteiger partial charge in [-0.25, -0.2) is 8.42 Å². The third-order valence-electron chi connectivity index (χ3n) is 6.64. The molecule has 0 aromatic heterocycles. The van der Waals surface area contributed by atoms with Crippen molar-refractivity contribution in [2.75, 3.05) is 24.5 Å². The van der Waals surface area contributed by atoms with Crippen molar-refractivity contribution in [3.8, 4) is 5.75 Å². The standard InChI is InChI=1S/C31H38ClN3O5S/c1-6-29(31(37)33-19-22(2)3)34(20-24-13-16-26(40-5)17-14-24)30(36)21-35(25-15-12-23(4)28(32)18-25)41(38,39)27-10-8-7-9-11-27/h7-18,22,29H,6,19-21H2,1-5H3,(H,33,37)/t29-/m0/s1. The van der Waals surface area contributed by atoms with E-state index >= 15 is 0 Å². The van der Waals surface area contributed by atoms with Gasteiger partial charge in [0, 0.05) is 18.1 Å². The van der Waals surface area contributed by atoms with Crippen molar-refractivity contribution in [2.45, 2.75) is 51.6 Å². The molecule has 1 N–H and O–H groups in total. The van der Waals surface area contributed by atoms with Gasteiger partial charge in [0.25, 0.3) is 10.0 Å². The molecule has 0 aliphatic rings. The molecule has 41 heavy (non-hydrogen) atoms. The number of hydrogen-bond donors (Lipinski definition) is 1. The molecule has 3 aromatic rings. The van der Waals surface area contributed by atoms with Crippen molar-refractivity contribution in [3.63, 3.8) is 0 Å². The molecule has 3 aromatic carbocycles. The molecule has 3 rings (SSSR count). The fraction of sp³-hybridized carbons (Fsp3) is 0.355. The van der Waals surface area contributed by atoms with Crippen LogP contribution in [0.4, 0.5) is 5.69 Å². The smallest absolute Gasteiger partial charge is 0.264 e. The summed E-state index contributed by atoms with van der Waals surface area (Å²) in [6.45, 7) is 7.64. The number of amides is 2. The van der Waals surface area contributed by atoms with Gasteiger partial charge in [-0.05, 0) is 66.8 Å². The van der Waals surface area contributed by atoms with E-state index in [1.807, 2.05) is 39.8 Å². The van der Waals surface area contributed by atoms with Crippen LogP contribution in [0.15, 0.2) is 77.7 Å². The number of hydrogen-bond acceptors (Lipinski definition) is 5. The minimum atomic E-state index is -4.16. The molecule has 0 aliphatic carbocycles. The lowest BCUT2D eigenvalue weighted by Crippen LogP contribution is -2.52. The van der Waals surface area contributed by atoms with E-state index in [9.17, 15) is 18.0 Å². The maximum atomic E-state index is 14.1. The van der Waals surface area contributed by atoms with E-state index in [4.69, 9.17) is 16.3 Å². The zero-order valence-corrected chi connectivity index (χ0v) is 25.7. The highest BCUT2D eigenvalue weighted by molar-refractivity contribution is 7.92. The Morgan fingerprint density at radius 1 is 1.00 bits per heavy atom. The zero-order chi connectivity index (χ0) is 30.2. The first-order chi connectivity index (χ1) is 19.5. The Balaban J connectivity index is 2.05. The van der Waals surface area contributed by atoms with Crippen LogP contribution in [-0.2, 0) is 26.2 Å². The lowest BCUT2D eigenvalue weighted by Gasteiger charge is -2.33. The predicted molar refractivity (Wildman–Crippen MR) is 163 cm³/mol. The number of benzene rings is 3. The highest BCUT2D eigenvalue weighted by Crippen LogP contribution is 2.29. The summed E-state index contributed by atoms with van der Waals surface area (Å²) in [5.74, 6) is 0.0622. The van der Waals surface area contributed by atoms with Crippen LogP contribution in [0.1, 0.15) is 38.3 Å². The molecule has 0 spiro atoms. The fourth-order valence-corrected chi connectivity index (χ4v) is 5.86. The number of aryl methyl sites for hydroxylation is 1. The molecular formula is C31H38ClN3O5S. The number of anilines is 1. The number of halogens is 1. The summed E-state index contributed by atoms with van der Waals surface area (Å²) >= 11 is 6.38. The number of rotatable bonds is 13. The minimum Gasteiger partial charge on any atom is -0.497 e. The zero-order valence-electron chi connectivity index (χ0n) is 24.1. The van der Waals surface area contributed by atoms with Gasteiger partial charge in [0.1, 0.15) is 18.3 Å². The first kappa shape index (κ1) is 32.0. The summed E-state index contributed by atoms with van der Waals surface area (Å²) in [6, 6.07) is 19.1. The molecule has 1 atom stereocenters. The van der Waals surface area contributed by atoms with Gasteiger partial charge in [0.05, 0.1) is 17.7 Å². The van der Waals surface area contributed by atoms with Crippen molar-refractivity contribution >= 4 is 39.1 Å². The van der Waals surface area contributed by atoms with Gasteiger partial charge in [-0.3, -0.25) is 13.9 Å². The Hall–Kier alpha value is -3.56. The summed E-state index contributed by atoms with van der Waals surface area (Å²) in [5.41, 5.74) is 1.79. The van der Waals surface area contributed by atoms with Crippen LogP contribution in [0.25, 0.3) is 0 Å². The Morgan fingerprint density at radius 3 is 2.22 bits per heavy atom. The lowest BCUT2D eigenvalue weighted by molar-refractivity contribution is -0.140. The summed E-state index contributed by atoms with van der Waals surface area (Å²) in [6.07, 6.45) is 0.341. The SMILES string of the molecule is CC[C@@H](C(=O)NCC(C)C)N(Cc1ccc(OC)cc1)C(=O)CN(c1ccc(C)c(Cl)c1)S(=O)(=O)c1ccccc1. The van der Waals surface area contributed by atoms with Crippen LogP contribution in [0.5, 0.6) is 5.75 Å². The first-order valence-electron chi connectivity index (χ1n) is 13.5. The molecule has 8 nitrogen and oxygen atoms in total. The van der Waals surface area contributed by atoms with Crippen LogP contribution in [0.3, 0.4) is 0 Å². The third kappa shape index (κ3) is 8.24. The fourth-order valence-electron chi connectivity index (χ4n) is 4.25. The highest BCUT2D eigenvalue weighted by Gasteiger charge is 2.33. The summed E-state index contributed by atoms with van der Waals surface area (Å²) < 4.78 is 34.1. The molecule has 0 fully saturated rings. The van der Waals surface area contributed by atoms with Crippen molar-refractivity contribution < 1.29 is 22.7 Å². The van der Waals surface area contributed by atoms with E-state index in [-0.39, 0.29) is 29.0 Å². The van der Waals surface area contributed by atoms with Gasteiger partial charge in [0.2, 0.25) is 11.8 Å². The second-order valence-electron chi connectivity index (χ2n) is 10.2. The average Bonchev–Trinajstić information content (AvgIpc) is 2.96. The van der Waals surface area contributed by atoms with Crippen LogP contribution in [-0.4, -0.2) is 51.4 Å². The topological polar surface area (TPSA) is 96.0 Å². The van der Waals surface area contributed by atoms with Crippen LogP contribution >= 0.6 is 11.6 Å². The molecule has 0 unspecified atom stereocenters. The van der Waals surface area contributed by atoms with E-state index < -0.39 is 28.5 Å². The molecule has 0 heterocycles. The van der Waals surface area contributed by atoms with E-state index in [0.717, 1.165) is 15.4 Å². The number of carbonyl (C=O) groups excluding carboxylic acids is 2. The van der Waals surface area contributed by atoms with E-state index in [1.54, 1.807) is 49.6 Å². The van der Waals surface area contributed by atoms with Gasteiger partial charge in [-0.1, -0.05) is 68.8 Å². The van der Waals surface area contributed by atoms with Crippen LogP contribution < -0.4 is 14.4 Å². The summed E-state index contributed by atoms with van der Waals surface area (Å²) in [7, 11) is -2.59. The minimum absolute atomic E-state index is 0.0351. The third-order valence-corrected chi connectivity index (χ3v) is 8.83. The number of nitrogens with one attached hydrogen (secondary N) is 1. The Labute approximate surface area is 248 Å². The van der Waals surface area contributed by atoms with Gasteiger partial charge in [0.15, 0.2) is 0 Å².